The van der Waals surface area contributed by atoms with Crippen LogP contribution >= 0.6 is 7.26 Å². The maximum absolute atomic E-state index is 12.2. The molecule has 0 fully saturated rings. The number of rotatable bonds is 7. The van der Waals surface area contributed by atoms with Crippen LogP contribution in [-0.4, -0.2) is 33.9 Å². The molecule has 5 nitrogen and oxygen atoms in total. The molecule has 0 aliphatic rings. The van der Waals surface area contributed by atoms with Gasteiger partial charge in [0.2, 0.25) is 0 Å². The first-order valence-electron chi connectivity index (χ1n) is 10.1. The second-order valence-electron chi connectivity index (χ2n) is 6.72. The van der Waals surface area contributed by atoms with Gasteiger partial charge in [-0.15, -0.1) is 0 Å². The van der Waals surface area contributed by atoms with E-state index in [-0.39, 0.29) is 6.61 Å². The van der Waals surface area contributed by atoms with Crippen molar-refractivity contribution in [3.8, 4) is 28.8 Å². The van der Waals surface area contributed by atoms with Gasteiger partial charge < -0.3 is 18.9 Å². The highest BCUT2D eigenvalue weighted by atomic mass is 31.2. The van der Waals surface area contributed by atoms with Gasteiger partial charge in [0.05, 0.1) is 33.9 Å². The van der Waals surface area contributed by atoms with Gasteiger partial charge in [0.1, 0.15) is 38.8 Å². The second-order valence-corrected chi connectivity index (χ2v) is 9.84. The Balaban J connectivity index is 2.31. The molecule has 0 bridgehead atoms. The normalized spacial score (nSPS) is 10.5. The van der Waals surface area contributed by atoms with Crippen molar-refractivity contribution in [2.24, 2.45) is 0 Å². The fourth-order valence-corrected chi connectivity index (χ4v) is 6.68. The van der Waals surface area contributed by atoms with Crippen LogP contribution in [0.4, 0.5) is 0 Å². The van der Waals surface area contributed by atoms with E-state index in [1.54, 1.807) is 28.3 Å². The van der Waals surface area contributed by atoms with Crippen molar-refractivity contribution in [1.82, 2.24) is 0 Å². The van der Waals surface area contributed by atoms with Gasteiger partial charge in [0, 0.05) is 0 Å². The molecular formula is C26H26O5P+. The maximum Gasteiger partial charge on any atom is 0.387 e. The molecule has 0 aliphatic heterocycles. The molecule has 0 aliphatic carbocycles. The van der Waals surface area contributed by atoms with Crippen LogP contribution < -0.4 is 30.1 Å². The molecule has 0 N–H and O–H groups in total. The summed E-state index contributed by atoms with van der Waals surface area (Å²) in [5.74, 6) is 4.44. The van der Waals surface area contributed by atoms with E-state index >= 15 is 0 Å². The molecule has 0 radical (unpaired) electrons. The lowest BCUT2D eigenvalue weighted by Crippen LogP contribution is -2.30. The van der Waals surface area contributed by atoms with Crippen molar-refractivity contribution in [2.45, 2.75) is 6.92 Å². The summed E-state index contributed by atoms with van der Waals surface area (Å²) in [6, 6.07) is 23.4. The molecular weight excluding hydrogens is 423 g/mol. The van der Waals surface area contributed by atoms with Gasteiger partial charge in [-0.2, -0.15) is 0 Å². The van der Waals surface area contributed by atoms with Crippen molar-refractivity contribution in [2.75, 3.05) is 27.9 Å². The summed E-state index contributed by atoms with van der Waals surface area (Å²) in [4.78, 5) is 12.2. The van der Waals surface area contributed by atoms with Crippen LogP contribution in [-0.2, 0) is 9.53 Å². The van der Waals surface area contributed by atoms with Crippen molar-refractivity contribution >= 4 is 29.1 Å². The van der Waals surface area contributed by atoms with E-state index in [0.29, 0.717) is 0 Å². The van der Waals surface area contributed by atoms with Crippen molar-refractivity contribution in [3.05, 3.63) is 72.8 Å². The Morgan fingerprint density at radius 2 is 1.03 bits per heavy atom. The minimum Gasteiger partial charge on any atom is -0.497 e. The predicted molar refractivity (Wildman–Crippen MR) is 129 cm³/mol. The summed E-state index contributed by atoms with van der Waals surface area (Å²) < 4.78 is 21.2. The Labute approximate surface area is 189 Å². The van der Waals surface area contributed by atoms with Gasteiger partial charge in [-0.05, 0) is 79.7 Å². The Bertz CT molecular complexity index is 979. The van der Waals surface area contributed by atoms with Crippen molar-refractivity contribution in [1.29, 1.82) is 0 Å². The zero-order chi connectivity index (χ0) is 23.0. The molecule has 164 valence electrons. The Hall–Kier alpha value is -3.48. The van der Waals surface area contributed by atoms with Gasteiger partial charge in [0.25, 0.3) is 0 Å². The summed E-state index contributed by atoms with van der Waals surface area (Å²) in [6.45, 7) is 2.03. The van der Waals surface area contributed by atoms with E-state index in [2.05, 4.69) is 11.6 Å². The summed E-state index contributed by atoms with van der Waals surface area (Å²) in [6.07, 6.45) is 0. The summed E-state index contributed by atoms with van der Waals surface area (Å²) in [5.41, 5.74) is 3.34. The van der Waals surface area contributed by atoms with E-state index in [1.165, 1.54) is 0 Å². The van der Waals surface area contributed by atoms with Crippen LogP contribution in [0.25, 0.3) is 0 Å². The number of hydrogen-bond acceptors (Lipinski definition) is 5. The molecule has 6 heteroatoms. The number of esters is 1. The minimum absolute atomic E-state index is 0.270. The Morgan fingerprint density at radius 3 is 1.31 bits per heavy atom. The van der Waals surface area contributed by atoms with Crippen LogP contribution in [0.15, 0.2) is 72.8 Å². The number of hydrogen-bond donors (Lipinski definition) is 0. The fraction of sp³-hybridized carbons (Fsp3) is 0.192. The topological polar surface area (TPSA) is 54.0 Å². The average molecular weight is 449 g/mol. The van der Waals surface area contributed by atoms with E-state index in [4.69, 9.17) is 18.9 Å². The molecule has 0 atom stereocenters. The second kappa shape index (κ2) is 10.7. The molecule has 3 aromatic carbocycles. The molecule has 0 saturated heterocycles. The molecule has 0 amide bonds. The van der Waals surface area contributed by atoms with Crippen LogP contribution in [0.2, 0.25) is 0 Å². The molecule has 3 rings (SSSR count). The Morgan fingerprint density at radius 1 is 0.688 bits per heavy atom. The number of carbonyl (C=O) groups is 1. The van der Waals surface area contributed by atoms with E-state index in [9.17, 15) is 4.79 Å². The fourth-order valence-electron chi connectivity index (χ4n) is 3.36. The third kappa shape index (κ3) is 4.88. The quantitative estimate of drug-likeness (QED) is 0.314. The zero-order valence-corrected chi connectivity index (χ0v) is 19.5. The maximum atomic E-state index is 12.2. The molecule has 0 spiro atoms. The first kappa shape index (κ1) is 23.2. The smallest absolute Gasteiger partial charge is 0.387 e. The first-order valence-corrected chi connectivity index (χ1v) is 11.9. The number of methoxy groups -OCH3 is 3. The predicted octanol–water partition coefficient (Wildman–Crippen LogP) is 3.53. The highest BCUT2D eigenvalue weighted by molar-refractivity contribution is 7.99. The first-order chi connectivity index (χ1) is 15.6. The lowest BCUT2D eigenvalue weighted by molar-refractivity contribution is -0.136. The molecule has 0 saturated carbocycles. The SMILES string of the molecule is CCOC(=O)C#C[P+](c1ccc(OC)cc1)(c1ccc(OC)cc1)c1ccc(OC)cc1. The van der Waals surface area contributed by atoms with E-state index < -0.39 is 13.2 Å². The minimum atomic E-state index is -2.55. The van der Waals surface area contributed by atoms with Crippen molar-refractivity contribution in [3.63, 3.8) is 0 Å². The molecule has 0 heterocycles. The van der Waals surface area contributed by atoms with Crippen LogP contribution in [0.3, 0.4) is 0 Å². The van der Waals surface area contributed by atoms with Gasteiger partial charge in [-0.3, -0.25) is 0 Å². The number of carbonyl (C=O) groups excluding carboxylic acids is 1. The highest BCUT2D eigenvalue weighted by Crippen LogP contribution is 2.54. The van der Waals surface area contributed by atoms with Crippen LogP contribution in [0, 0.1) is 11.6 Å². The van der Waals surface area contributed by atoms with Gasteiger partial charge >= 0.3 is 5.97 Å². The summed E-state index contributed by atoms with van der Waals surface area (Å²) >= 11 is 0. The van der Waals surface area contributed by atoms with E-state index in [1.807, 2.05) is 72.8 Å². The molecule has 0 unspecified atom stereocenters. The summed E-state index contributed by atoms with van der Waals surface area (Å²) in [7, 11) is 2.34. The third-order valence-corrected chi connectivity index (χ3v) is 8.65. The average Bonchev–Trinajstić information content (AvgIpc) is 2.85. The highest BCUT2D eigenvalue weighted by Gasteiger charge is 2.45. The lowest BCUT2D eigenvalue weighted by atomic mass is 10.3. The number of ether oxygens (including phenoxy) is 4. The largest absolute Gasteiger partial charge is 0.497 e. The van der Waals surface area contributed by atoms with Gasteiger partial charge in [-0.1, -0.05) is 0 Å². The standard InChI is InChI=1S/C26H26O5P/c1-5-31-26(27)18-19-32(23-12-6-20(28-2)7-13-23,24-14-8-21(29-3)9-15-24)25-16-10-22(30-4)11-17-25/h6-17H,5H2,1-4H3/q+1. The van der Waals surface area contributed by atoms with Crippen LogP contribution in [0.1, 0.15) is 6.92 Å². The lowest BCUT2D eigenvalue weighted by Gasteiger charge is -2.21. The molecule has 32 heavy (non-hydrogen) atoms. The summed E-state index contributed by atoms with van der Waals surface area (Å²) in [5, 5.41) is 2.97. The number of benzene rings is 3. The van der Waals surface area contributed by atoms with Gasteiger partial charge in [-0.25, -0.2) is 4.79 Å². The van der Waals surface area contributed by atoms with Gasteiger partial charge in [0.15, 0.2) is 7.26 Å². The van der Waals surface area contributed by atoms with Crippen LogP contribution in [0.5, 0.6) is 17.2 Å². The Kier molecular flexibility index (Phi) is 7.76. The molecule has 0 aromatic heterocycles. The zero-order valence-electron chi connectivity index (χ0n) is 18.6. The molecule has 3 aromatic rings. The van der Waals surface area contributed by atoms with Crippen molar-refractivity contribution < 1.29 is 23.7 Å². The third-order valence-electron chi connectivity index (χ3n) is 4.98. The monoisotopic (exact) mass is 449 g/mol. The van der Waals surface area contributed by atoms with E-state index in [0.717, 1.165) is 33.2 Å².